The zero-order chi connectivity index (χ0) is 31.4. The van der Waals surface area contributed by atoms with Gasteiger partial charge >= 0.3 is 11.9 Å². The second-order valence-electron chi connectivity index (χ2n) is 10.7. The Hall–Kier alpha value is -4.46. The number of unbranched alkanes of at least 4 members (excludes halogenated alkanes) is 8. The van der Waals surface area contributed by atoms with Crippen molar-refractivity contribution in [3.63, 3.8) is 0 Å². The lowest BCUT2D eigenvalue weighted by Crippen LogP contribution is -2.07. The molecule has 0 fully saturated rings. The normalized spacial score (nSPS) is 10.9. The lowest BCUT2D eigenvalue weighted by molar-refractivity contribution is -0.128. The molecule has 0 aliphatic rings. The van der Waals surface area contributed by atoms with Gasteiger partial charge in [-0.05, 0) is 85.5 Å². The van der Waals surface area contributed by atoms with E-state index < -0.39 is 11.9 Å². The highest BCUT2D eigenvalue weighted by atomic mass is 16.5. The molecular formula is C36H46N2O6. The van der Waals surface area contributed by atoms with Crippen molar-refractivity contribution in [3.05, 3.63) is 83.9 Å². The fourth-order valence-electron chi connectivity index (χ4n) is 4.46. The molecule has 3 aromatic carbocycles. The van der Waals surface area contributed by atoms with Crippen molar-refractivity contribution in [2.24, 2.45) is 0 Å². The summed E-state index contributed by atoms with van der Waals surface area (Å²) >= 11 is 0. The summed E-state index contributed by atoms with van der Waals surface area (Å²) in [5.74, 6) is 1.20. The maximum Gasteiger partial charge on any atom is 0.338 e. The van der Waals surface area contributed by atoms with Crippen molar-refractivity contribution in [3.8, 4) is 17.2 Å². The standard InChI is InChI=1S/C36H46N2O6/c1-2-3-4-9-22-42-33-17-19-34(20-18-33)44-35(39)21-14-28-12-15-32(16-13-28)41-23-10-7-5-6-8-11-24-43-36(40)29-25-30(37)27-31(38)26-29/h12-21,25-27H,2-11,22-24,37-38H2,1H3/b21-14+. The molecule has 0 heterocycles. The molecule has 0 radical (unpaired) electrons. The Morgan fingerprint density at radius 1 is 0.636 bits per heavy atom. The predicted molar refractivity (Wildman–Crippen MR) is 176 cm³/mol. The van der Waals surface area contributed by atoms with Crippen LogP contribution in [0.4, 0.5) is 11.4 Å². The summed E-state index contributed by atoms with van der Waals surface area (Å²) in [7, 11) is 0. The van der Waals surface area contributed by atoms with Crippen LogP contribution in [0.1, 0.15) is 87.1 Å². The molecule has 0 aliphatic heterocycles. The second kappa shape index (κ2) is 19.7. The van der Waals surface area contributed by atoms with E-state index in [4.69, 9.17) is 30.4 Å². The number of carbonyl (C=O) groups excluding carboxylic acids is 2. The molecule has 8 heteroatoms. The van der Waals surface area contributed by atoms with E-state index in [9.17, 15) is 9.59 Å². The second-order valence-corrected chi connectivity index (χ2v) is 10.7. The summed E-state index contributed by atoms with van der Waals surface area (Å²) < 4.78 is 22.3. The minimum atomic E-state index is -0.442. The molecule has 0 aromatic heterocycles. The molecule has 3 aromatic rings. The molecule has 0 spiro atoms. The Labute approximate surface area is 261 Å². The van der Waals surface area contributed by atoms with Crippen molar-refractivity contribution in [1.82, 2.24) is 0 Å². The van der Waals surface area contributed by atoms with Crippen molar-refractivity contribution < 1.29 is 28.5 Å². The van der Waals surface area contributed by atoms with Gasteiger partial charge in [0.2, 0.25) is 0 Å². The number of esters is 2. The third-order valence-electron chi connectivity index (χ3n) is 6.85. The minimum Gasteiger partial charge on any atom is -0.494 e. The van der Waals surface area contributed by atoms with E-state index in [0.717, 1.165) is 62.0 Å². The van der Waals surface area contributed by atoms with Crippen LogP contribution in [-0.4, -0.2) is 31.8 Å². The van der Waals surface area contributed by atoms with Gasteiger partial charge in [-0.15, -0.1) is 0 Å². The first-order chi connectivity index (χ1) is 21.4. The van der Waals surface area contributed by atoms with E-state index in [2.05, 4.69) is 6.92 Å². The molecule has 0 aliphatic carbocycles. The summed E-state index contributed by atoms with van der Waals surface area (Å²) in [6.07, 6.45) is 13.8. The number of carbonyl (C=O) groups is 2. The monoisotopic (exact) mass is 602 g/mol. The van der Waals surface area contributed by atoms with Crippen LogP contribution in [0.5, 0.6) is 17.2 Å². The van der Waals surface area contributed by atoms with Crippen molar-refractivity contribution in [2.75, 3.05) is 31.3 Å². The molecular weight excluding hydrogens is 556 g/mol. The number of hydrogen-bond acceptors (Lipinski definition) is 8. The molecule has 0 atom stereocenters. The van der Waals surface area contributed by atoms with Crippen molar-refractivity contribution in [2.45, 2.75) is 71.1 Å². The van der Waals surface area contributed by atoms with Crippen LogP contribution >= 0.6 is 0 Å². The largest absolute Gasteiger partial charge is 0.494 e. The van der Waals surface area contributed by atoms with Gasteiger partial charge in [0.05, 0.1) is 25.4 Å². The van der Waals surface area contributed by atoms with E-state index >= 15 is 0 Å². The van der Waals surface area contributed by atoms with Gasteiger partial charge in [0, 0.05) is 17.5 Å². The van der Waals surface area contributed by atoms with Gasteiger partial charge in [-0.3, -0.25) is 0 Å². The van der Waals surface area contributed by atoms with Gasteiger partial charge in [0.25, 0.3) is 0 Å². The molecule has 44 heavy (non-hydrogen) atoms. The highest BCUT2D eigenvalue weighted by Crippen LogP contribution is 2.19. The topological polar surface area (TPSA) is 123 Å². The van der Waals surface area contributed by atoms with E-state index in [1.165, 1.54) is 25.3 Å². The van der Waals surface area contributed by atoms with Gasteiger partial charge in [0.1, 0.15) is 17.2 Å². The lowest BCUT2D eigenvalue weighted by atomic mass is 10.1. The molecule has 0 saturated carbocycles. The summed E-state index contributed by atoms with van der Waals surface area (Å²) in [4.78, 5) is 24.3. The summed E-state index contributed by atoms with van der Waals surface area (Å²) in [6, 6.07) is 19.4. The summed E-state index contributed by atoms with van der Waals surface area (Å²) in [5, 5.41) is 0. The molecule has 0 saturated heterocycles. The fraction of sp³-hybridized carbons (Fsp3) is 0.389. The first-order valence-corrected chi connectivity index (χ1v) is 15.6. The van der Waals surface area contributed by atoms with Crippen LogP contribution in [-0.2, 0) is 9.53 Å². The average molecular weight is 603 g/mol. The number of hydrogen-bond donors (Lipinski definition) is 2. The Kier molecular flexibility index (Phi) is 15.2. The van der Waals surface area contributed by atoms with E-state index in [0.29, 0.717) is 42.5 Å². The average Bonchev–Trinajstić information content (AvgIpc) is 3.01. The van der Waals surface area contributed by atoms with Crippen molar-refractivity contribution >= 4 is 29.4 Å². The molecule has 0 unspecified atom stereocenters. The summed E-state index contributed by atoms with van der Waals surface area (Å²) in [6.45, 7) is 3.90. The van der Waals surface area contributed by atoms with Gasteiger partial charge in [0.15, 0.2) is 0 Å². The van der Waals surface area contributed by atoms with Crippen LogP contribution < -0.4 is 25.7 Å². The zero-order valence-corrected chi connectivity index (χ0v) is 25.8. The maximum atomic E-state index is 12.2. The van der Waals surface area contributed by atoms with Crippen molar-refractivity contribution in [1.29, 1.82) is 0 Å². The lowest BCUT2D eigenvalue weighted by Gasteiger charge is -2.08. The fourth-order valence-corrected chi connectivity index (χ4v) is 4.46. The SMILES string of the molecule is CCCCCCOc1ccc(OC(=O)/C=C/c2ccc(OCCCCCCCCOC(=O)c3cc(N)cc(N)c3)cc2)cc1. The van der Waals surface area contributed by atoms with Crippen LogP contribution in [0.3, 0.4) is 0 Å². The van der Waals surface area contributed by atoms with Gasteiger partial charge in [-0.25, -0.2) is 9.59 Å². The summed E-state index contributed by atoms with van der Waals surface area (Å²) in [5.41, 5.74) is 13.6. The number of nitrogen functional groups attached to an aromatic ring is 2. The van der Waals surface area contributed by atoms with Gasteiger partial charge < -0.3 is 30.4 Å². The van der Waals surface area contributed by atoms with E-state index in [1.54, 1.807) is 36.4 Å². The van der Waals surface area contributed by atoms with Crippen LogP contribution in [0.2, 0.25) is 0 Å². The third-order valence-corrected chi connectivity index (χ3v) is 6.85. The first-order valence-electron chi connectivity index (χ1n) is 15.6. The molecule has 0 amide bonds. The molecule has 4 N–H and O–H groups in total. The quantitative estimate of drug-likeness (QED) is 0.0438. The Balaban J connectivity index is 1.21. The minimum absolute atomic E-state index is 0.380. The molecule has 0 bridgehead atoms. The van der Waals surface area contributed by atoms with Crippen LogP contribution in [0.15, 0.2) is 72.8 Å². The van der Waals surface area contributed by atoms with E-state index in [-0.39, 0.29) is 0 Å². The van der Waals surface area contributed by atoms with E-state index in [1.807, 2.05) is 36.4 Å². The Morgan fingerprint density at radius 3 is 1.73 bits per heavy atom. The smallest absolute Gasteiger partial charge is 0.338 e. The number of nitrogens with two attached hydrogens (primary N) is 2. The Bertz CT molecular complexity index is 1280. The van der Waals surface area contributed by atoms with Gasteiger partial charge in [-0.2, -0.15) is 0 Å². The maximum absolute atomic E-state index is 12.2. The highest BCUT2D eigenvalue weighted by Gasteiger charge is 2.08. The Morgan fingerprint density at radius 2 is 1.14 bits per heavy atom. The van der Waals surface area contributed by atoms with Crippen LogP contribution in [0.25, 0.3) is 6.08 Å². The number of anilines is 2. The van der Waals surface area contributed by atoms with Gasteiger partial charge in [-0.1, -0.05) is 64.0 Å². The molecule has 3 rings (SSSR count). The number of ether oxygens (including phenoxy) is 4. The number of benzene rings is 3. The number of rotatable bonds is 20. The van der Waals surface area contributed by atoms with Crippen LogP contribution in [0, 0.1) is 0 Å². The predicted octanol–water partition coefficient (Wildman–Crippen LogP) is 8.01. The molecule has 8 nitrogen and oxygen atoms in total. The first kappa shape index (κ1) is 34.0. The third kappa shape index (κ3) is 13.7. The zero-order valence-electron chi connectivity index (χ0n) is 25.8. The highest BCUT2D eigenvalue weighted by molar-refractivity contribution is 5.91. The molecule has 236 valence electrons.